The van der Waals surface area contributed by atoms with E-state index in [-0.39, 0.29) is 29.9 Å². The van der Waals surface area contributed by atoms with E-state index in [0.717, 1.165) is 53.7 Å². The van der Waals surface area contributed by atoms with E-state index in [1.807, 2.05) is 12.1 Å². The number of nitrogens with zero attached hydrogens (tertiary/aromatic N) is 2. The highest BCUT2D eigenvalue weighted by Gasteiger charge is 2.53. The quantitative estimate of drug-likeness (QED) is 0.400. The molecule has 1 saturated carbocycles. The van der Waals surface area contributed by atoms with Gasteiger partial charge < -0.3 is 28.8 Å². The van der Waals surface area contributed by atoms with Crippen LogP contribution in [-0.4, -0.2) is 41.5 Å². The summed E-state index contributed by atoms with van der Waals surface area (Å²) < 4.78 is 23.9. The number of nitrogens with one attached hydrogen (secondary N) is 1. The molecule has 9 heteroatoms. The van der Waals surface area contributed by atoms with Crippen LogP contribution in [0.15, 0.2) is 23.0 Å². The van der Waals surface area contributed by atoms with Crippen molar-refractivity contribution in [1.82, 2.24) is 14.9 Å². The first-order valence-electron chi connectivity index (χ1n) is 13.3. The number of ether oxygens (including phenoxy) is 4. The molecular weight excluding hydrogens is 486 g/mol. The summed E-state index contributed by atoms with van der Waals surface area (Å²) in [7, 11) is 1.45. The van der Waals surface area contributed by atoms with Crippen LogP contribution in [0.1, 0.15) is 68.4 Å². The third-order valence-electron chi connectivity index (χ3n) is 8.93. The zero-order chi connectivity index (χ0) is 26.4. The number of hydrogen-bond donors (Lipinski definition) is 1. The Labute approximate surface area is 220 Å². The monoisotopic (exact) mass is 517 g/mol. The van der Waals surface area contributed by atoms with Crippen LogP contribution < -0.4 is 20.3 Å². The van der Waals surface area contributed by atoms with Crippen LogP contribution in [0.5, 0.6) is 11.5 Å². The minimum atomic E-state index is -0.926. The molecule has 1 unspecified atom stereocenters. The fraction of sp³-hybridized carbons (Fsp3) is 0.483. The molecule has 0 spiro atoms. The van der Waals surface area contributed by atoms with Gasteiger partial charge in [0.25, 0.3) is 5.56 Å². The van der Waals surface area contributed by atoms with Gasteiger partial charge in [0.1, 0.15) is 6.61 Å². The second-order valence-corrected chi connectivity index (χ2v) is 11.2. The lowest BCUT2D eigenvalue weighted by atomic mass is 9.52. The van der Waals surface area contributed by atoms with Crippen molar-refractivity contribution < 1.29 is 23.7 Å². The maximum Gasteiger partial charge on any atom is 0.340 e. The van der Waals surface area contributed by atoms with E-state index in [0.29, 0.717) is 29.1 Å². The van der Waals surface area contributed by atoms with Crippen molar-refractivity contribution in [2.45, 2.75) is 70.2 Å². The molecule has 3 aliphatic heterocycles. The van der Waals surface area contributed by atoms with E-state index in [4.69, 9.17) is 23.9 Å². The van der Waals surface area contributed by atoms with Crippen LogP contribution in [0.2, 0.25) is 0 Å². The van der Waals surface area contributed by atoms with Gasteiger partial charge in [-0.05, 0) is 55.8 Å². The number of carbonyl (C=O) groups is 1. The molecule has 1 N–H and O–H groups in total. The molecule has 9 nitrogen and oxygen atoms in total. The van der Waals surface area contributed by atoms with Gasteiger partial charge >= 0.3 is 5.97 Å². The molecular formula is C29H31N3O6. The second-order valence-electron chi connectivity index (χ2n) is 11.2. The fourth-order valence-corrected chi connectivity index (χ4v) is 7.43. The summed E-state index contributed by atoms with van der Waals surface area (Å²) in [5.41, 5.74) is 5.46. The highest BCUT2D eigenvalue weighted by molar-refractivity contribution is 5.92. The summed E-state index contributed by atoms with van der Waals surface area (Å²) in [5, 5.41) is 4.73. The van der Waals surface area contributed by atoms with Gasteiger partial charge in [-0.3, -0.25) is 4.79 Å². The Hall–Kier alpha value is -3.43. The van der Waals surface area contributed by atoms with E-state index in [1.165, 1.54) is 12.7 Å². The number of rotatable bonds is 5. The lowest BCUT2D eigenvalue weighted by molar-refractivity contribution is -0.159. The minimum Gasteiger partial charge on any atom is -0.458 e. The maximum atomic E-state index is 13.7. The van der Waals surface area contributed by atoms with Crippen LogP contribution >= 0.6 is 0 Å². The molecule has 0 saturated heterocycles. The molecule has 198 valence electrons. The molecule has 4 aliphatic rings. The van der Waals surface area contributed by atoms with Crippen molar-refractivity contribution in [3.8, 4) is 22.9 Å². The standard InChI is InChI=1S/C29H31N3O6/c1-5-29(12-28(3,13-29)30-6-2)23-16-8-21-22(38-14-37-21)9-19(16)31-24-17(23)10-32-20(24)7-15-18(26(32)33)11-36-27(34)25(15)35-4/h7-9,25,30H,5-6,10-14H2,1-4H3. The van der Waals surface area contributed by atoms with Crippen molar-refractivity contribution in [2.24, 2.45) is 0 Å². The molecule has 2 aromatic heterocycles. The first-order valence-corrected chi connectivity index (χ1v) is 13.3. The Bertz CT molecular complexity index is 1590. The van der Waals surface area contributed by atoms with Crippen LogP contribution in [0.4, 0.5) is 0 Å². The van der Waals surface area contributed by atoms with Crippen LogP contribution in [0.3, 0.4) is 0 Å². The lowest BCUT2D eigenvalue weighted by Crippen LogP contribution is -2.60. The number of hydrogen-bond acceptors (Lipinski definition) is 8. The smallest absolute Gasteiger partial charge is 0.340 e. The Morgan fingerprint density at radius 2 is 1.87 bits per heavy atom. The largest absolute Gasteiger partial charge is 0.458 e. The molecule has 3 aromatic rings. The lowest BCUT2D eigenvalue weighted by Gasteiger charge is -2.56. The van der Waals surface area contributed by atoms with Crippen LogP contribution in [-0.2, 0) is 32.8 Å². The van der Waals surface area contributed by atoms with Crippen molar-refractivity contribution >= 4 is 16.9 Å². The predicted octanol–water partition coefficient (Wildman–Crippen LogP) is 3.71. The molecule has 1 atom stereocenters. The summed E-state index contributed by atoms with van der Waals surface area (Å²) in [4.78, 5) is 31.3. The van der Waals surface area contributed by atoms with Gasteiger partial charge in [-0.15, -0.1) is 0 Å². The number of cyclic esters (lactones) is 1. The third-order valence-corrected chi connectivity index (χ3v) is 8.93. The van der Waals surface area contributed by atoms with Crippen LogP contribution in [0.25, 0.3) is 22.3 Å². The molecule has 5 heterocycles. The number of esters is 1. The summed E-state index contributed by atoms with van der Waals surface area (Å²) >= 11 is 0. The van der Waals surface area contributed by atoms with Gasteiger partial charge in [-0.25, -0.2) is 9.78 Å². The van der Waals surface area contributed by atoms with Crippen molar-refractivity contribution in [1.29, 1.82) is 0 Å². The molecule has 1 aliphatic carbocycles. The predicted molar refractivity (Wildman–Crippen MR) is 139 cm³/mol. The number of carbonyl (C=O) groups excluding carboxylic acids is 1. The van der Waals surface area contributed by atoms with Crippen LogP contribution in [0, 0.1) is 0 Å². The Morgan fingerprint density at radius 1 is 1.11 bits per heavy atom. The summed E-state index contributed by atoms with van der Waals surface area (Å²) in [6.07, 6.45) is 2.01. The number of pyridine rings is 2. The third kappa shape index (κ3) is 3.09. The van der Waals surface area contributed by atoms with Gasteiger partial charge in [-0.1, -0.05) is 13.8 Å². The van der Waals surface area contributed by atoms with Gasteiger partial charge in [0.2, 0.25) is 6.79 Å². The normalized spacial score (nSPS) is 26.5. The summed E-state index contributed by atoms with van der Waals surface area (Å²) in [5.74, 6) is 0.919. The molecule has 1 fully saturated rings. The first kappa shape index (κ1) is 23.7. The summed E-state index contributed by atoms with van der Waals surface area (Å²) in [6.45, 7) is 8.16. The van der Waals surface area contributed by atoms with E-state index in [1.54, 1.807) is 4.57 Å². The molecule has 1 aromatic carbocycles. The second kappa shape index (κ2) is 8.04. The molecule has 0 radical (unpaired) electrons. The maximum absolute atomic E-state index is 13.7. The molecule has 7 rings (SSSR count). The van der Waals surface area contributed by atoms with E-state index in [9.17, 15) is 9.59 Å². The van der Waals surface area contributed by atoms with Gasteiger partial charge in [0.15, 0.2) is 17.6 Å². The number of fused-ring (bicyclic) bond motifs is 6. The zero-order valence-electron chi connectivity index (χ0n) is 22.1. The Morgan fingerprint density at radius 3 is 2.58 bits per heavy atom. The number of benzene rings is 1. The van der Waals surface area contributed by atoms with Crippen molar-refractivity contribution in [3.05, 3.63) is 50.8 Å². The minimum absolute atomic E-state index is 0.0485. The highest BCUT2D eigenvalue weighted by Crippen LogP contribution is 2.57. The topological polar surface area (TPSA) is 101 Å². The summed E-state index contributed by atoms with van der Waals surface area (Å²) in [6, 6.07) is 5.90. The molecule has 0 amide bonds. The number of aromatic nitrogens is 2. The Balaban J connectivity index is 1.49. The zero-order valence-corrected chi connectivity index (χ0v) is 22.1. The van der Waals surface area contributed by atoms with E-state index in [2.05, 4.69) is 32.2 Å². The molecule has 38 heavy (non-hydrogen) atoms. The van der Waals surface area contributed by atoms with E-state index < -0.39 is 12.1 Å². The van der Waals surface area contributed by atoms with Gasteiger partial charge in [-0.2, -0.15) is 0 Å². The first-order chi connectivity index (χ1) is 18.3. The van der Waals surface area contributed by atoms with Gasteiger partial charge in [0.05, 0.1) is 29.0 Å². The van der Waals surface area contributed by atoms with Crippen molar-refractivity contribution in [3.63, 3.8) is 0 Å². The van der Waals surface area contributed by atoms with E-state index >= 15 is 0 Å². The SMILES string of the molecule is CCNC1(C)CC(CC)(c2c3c(nc4cc5c(cc24)OCO5)-c2cc4c(c(=O)n2C3)COC(=O)C4OC)C1. The highest BCUT2D eigenvalue weighted by atomic mass is 16.7. The van der Waals surface area contributed by atoms with Crippen molar-refractivity contribution in [2.75, 3.05) is 20.4 Å². The number of methoxy groups -OCH3 is 1. The molecule has 0 bridgehead atoms. The van der Waals surface area contributed by atoms with Gasteiger partial charge in [0, 0.05) is 35.2 Å². The Kier molecular flexibility index (Phi) is 5.01. The fourth-order valence-electron chi connectivity index (χ4n) is 7.43. The average molecular weight is 518 g/mol. The average Bonchev–Trinajstić information content (AvgIpc) is 3.49.